The van der Waals surface area contributed by atoms with Crippen LogP contribution in [0, 0.1) is 5.41 Å². The molecule has 2 heterocycles. The molecular formula is C59H84N8O15. The van der Waals surface area contributed by atoms with Crippen LogP contribution in [-0.2, 0) is 55.8 Å². The number of likely N-dealkylation sites (tertiary alicyclic amines) is 1. The summed E-state index contributed by atoms with van der Waals surface area (Å²) in [6, 6.07) is 15.3. The zero-order chi connectivity index (χ0) is 59.4. The lowest BCUT2D eigenvalue weighted by Crippen LogP contribution is -2.54. The Morgan fingerprint density at radius 2 is 1.38 bits per heavy atom. The second kappa shape index (κ2) is 34.1. The Kier molecular flexibility index (Phi) is 27.2. The molecule has 0 aliphatic carbocycles. The number of methoxy groups -OCH3 is 4. The summed E-state index contributed by atoms with van der Waals surface area (Å²) < 4.78 is 50.8. The van der Waals surface area contributed by atoms with Gasteiger partial charge in [0, 0.05) is 69.6 Å². The van der Waals surface area contributed by atoms with E-state index in [0.717, 1.165) is 17.5 Å². The van der Waals surface area contributed by atoms with Crippen molar-refractivity contribution in [3.05, 3.63) is 83.0 Å². The van der Waals surface area contributed by atoms with Crippen LogP contribution in [0.2, 0.25) is 0 Å². The van der Waals surface area contributed by atoms with Crippen molar-refractivity contribution in [3.63, 3.8) is 0 Å². The zero-order valence-electron chi connectivity index (χ0n) is 48.5. The number of piperidine rings is 1. The van der Waals surface area contributed by atoms with Crippen LogP contribution < -0.4 is 51.1 Å². The van der Waals surface area contributed by atoms with E-state index in [9.17, 15) is 29.1 Å². The first-order valence-corrected chi connectivity index (χ1v) is 27.8. The van der Waals surface area contributed by atoms with Crippen molar-refractivity contribution < 1.29 is 71.7 Å². The maximum absolute atomic E-state index is 14.1. The number of nitrogen functional groups attached to an aromatic ring is 2. The highest BCUT2D eigenvalue weighted by atomic mass is 16.6. The van der Waals surface area contributed by atoms with E-state index < -0.39 is 35.5 Å². The van der Waals surface area contributed by atoms with E-state index in [-0.39, 0.29) is 54.7 Å². The van der Waals surface area contributed by atoms with Gasteiger partial charge in [0.1, 0.15) is 24.1 Å². The number of ether oxygens (including phenoxy) is 9. The van der Waals surface area contributed by atoms with E-state index in [2.05, 4.69) is 25.9 Å². The molecule has 23 heteroatoms. The van der Waals surface area contributed by atoms with Gasteiger partial charge < -0.3 is 80.1 Å². The van der Waals surface area contributed by atoms with E-state index in [1.54, 1.807) is 50.7 Å². The molecule has 0 radical (unpaired) electrons. The van der Waals surface area contributed by atoms with Crippen LogP contribution in [0.4, 0.5) is 17.5 Å². The van der Waals surface area contributed by atoms with Crippen molar-refractivity contribution in [2.75, 3.05) is 111 Å². The fourth-order valence-electron chi connectivity index (χ4n) is 8.83. The van der Waals surface area contributed by atoms with Gasteiger partial charge in [-0.1, -0.05) is 39.0 Å². The van der Waals surface area contributed by atoms with Crippen molar-refractivity contribution >= 4 is 47.1 Å². The quantitative estimate of drug-likeness (QED) is 0.0241. The number of anilines is 3. The lowest BCUT2D eigenvalue weighted by Gasteiger charge is -2.39. The number of rotatable bonds is 36. The highest BCUT2D eigenvalue weighted by molar-refractivity contribution is 5.93. The third kappa shape index (κ3) is 20.8. The minimum atomic E-state index is -1.28. The zero-order valence-corrected chi connectivity index (χ0v) is 48.5. The molecule has 3 aromatic carbocycles. The number of esters is 1. The molecule has 1 fully saturated rings. The van der Waals surface area contributed by atoms with Crippen LogP contribution in [0.5, 0.6) is 28.7 Å². The Balaban J connectivity index is 0.942. The number of nitrogens with two attached hydrogens (primary N) is 2. The summed E-state index contributed by atoms with van der Waals surface area (Å²) >= 11 is 0. The second-order valence-corrected chi connectivity index (χ2v) is 20.3. The molecule has 3 atom stereocenters. The van der Waals surface area contributed by atoms with Crippen molar-refractivity contribution in [1.82, 2.24) is 25.5 Å². The first-order valence-electron chi connectivity index (χ1n) is 27.8. The Bertz CT molecular complexity index is 2670. The number of hydrogen-bond donors (Lipinski definition) is 6. The summed E-state index contributed by atoms with van der Waals surface area (Å²) in [6.45, 7) is 8.69. The van der Waals surface area contributed by atoms with Gasteiger partial charge in [0.25, 0.3) is 11.8 Å². The molecule has 8 N–H and O–H groups in total. The fourth-order valence-corrected chi connectivity index (χ4v) is 8.83. The third-order valence-corrected chi connectivity index (χ3v) is 14.0. The number of nitrogens with zero attached hydrogens (tertiary/aromatic N) is 3. The van der Waals surface area contributed by atoms with Gasteiger partial charge >= 0.3 is 5.97 Å². The van der Waals surface area contributed by atoms with E-state index in [1.165, 1.54) is 19.1 Å². The van der Waals surface area contributed by atoms with Crippen molar-refractivity contribution in [2.24, 2.45) is 5.41 Å². The summed E-state index contributed by atoms with van der Waals surface area (Å²) in [7, 11) is 6.10. The summed E-state index contributed by atoms with van der Waals surface area (Å²) in [5.74, 6) is 0.526. The van der Waals surface area contributed by atoms with E-state index >= 15 is 0 Å². The normalized spacial score (nSPS) is 14.0. The first kappa shape index (κ1) is 65.3. The molecule has 4 aromatic rings. The Morgan fingerprint density at radius 1 is 0.756 bits per heavy atom. The third-order valence-electron chi connectivity index (χ3n) is 14.0. The number of nitrogens with one attached hydrogen (secondary N) is 3. The summed E-state index contributed by atoms with van der Waals surface area (Å²) in [5.41, 5.74) is 14.4. The monoisotopic (exact) mass is 1140 g/mol. The van der Waals surface area contributed by atoms with E-state index in [4.69, 9.17) is 54.1 Å². The first-order chi connectivity index (χ1) is 39.5. The number of benzene rings is 3. The molecular weight excluding hydrogens is 1060 g/mol. The molecule has 450 valence electrons. The minimum absolute atomic E-state index is 0.0255. The number of carbonyl (C=O) groups excluding carboxylic acids is 5. The number of aliphatic hydroxyl groups is 1. The van der Waals surface area contributed by atoms with Crippen molar-refractivity contribution in [2.45, 2.75) is 110 Å². The van der Waals surface area contributed by atoms with Gasteiger partial charge in [0.15, 0.2) is 29.6 Å². The molecule has 1 saturated heterocycles. The number of hydrogen-bond acceptors (Lipinski definition) is 19. The number of carbonyl (C=O) groups is 5. The van der Waals surface area contributed by atoms with Crippen LogP contribution in [0.3, 0.4) is 0 Å². The highest BCUT2D eigenvalue weighted by Gasteiger charge is 2.41. The predicted molar refractivity (Wildman–Crippen MR) is 307 cm³/mol. The van der Waals surface area contributed by atoms with Crippen LogP contribution in [-0.4, -0.2) is 156 Å². The fraction of sp³-hybridized carbons (Fsp3) is 0.542. The van der Waals surface area contributed by atoms with Gasteiger partial charge in [-0.25, -0.2) is 9.78 Å². The lowest BCUT2D eigenvalue weighted by atomic mass is 9.82. The molecule has 1 aromatic heterocycles. The summed E-state index contributed by atoms with van der Waals surface area (Å²) in [4.78, 5) is 75.5. The van der Waals surface area contributed by atoms with Gasteiger partial charge in [-0.15, -0.1) is 0 Å². The van der Waals surface area contributed by atoms with Gasteiger partial charge in [0.2, 0.25) is 23.5 Å². The van der Waals surface area contributed by atoms with E-state index in [0.29, 0.717) is 150 Å². The van der Waals surface area contributed by atoms with E-state index in [1.807, 2.05) is 45.0 Å². The van der Waals surface area contributed by atoms with Crippen molar-refractivity contribution in [3.8, 4) is 28.7 Å². The molecule has 1 aliphatic rings. The summed E-state index contributed by atoms with van der Waals surface area (Å²) in [5, 5.41) is 19.6. The van der Waals surface area contributed by atoms with Crippen LogP contribution >= 0.6 is 0 Å². The topological polar surface area (TPSA) is 306 Å². The molecule has 4 amide bonds. The van der Waals surface area contributed by atoms with Crippen LogP contribution in [0.15, 0.2) is 60.8 Å². The van der Waals surface area contributed by atoms with Gasteiger partial charge in [0.05, 0.1) is 54.9 Å². The molecule has 82 heavy (non-hydrogen) atoms. The Labute approximate surface area is 480 Å². The maximum Gasteiger partial charge on any atom is 0.329 e. The van der Waals surface area contributed by atoms with Crippen LogP contribution in [0.1, 0.15) is 107 Å². The maximum atomic E-state index is 14.1. The average Bonchev–Trinajstić information content (AvgIpc) is 3.62. The Hall–Kier alpha value is -7.47. The number of aryl methyl sites for hydroxylation is 1. The number of amides is 4. The number of aromatic nitrogens is 2. The van der Waals surface area contributed by atoms with Crippen LogP contribution in [0.25, 0.3) is 0 Å². The molecule has 0 spiro atoms. The molecule has 23 nitrogen and oxygen atoms in total. The van der Waals surface area contributed by atoms with Gasteiger partial charge in [-0.3, -0.25) is 19.2 Å². The number of aliphatic hydroxyl groups excluding tert-OH is 1. The molecule has 3 unspecified atom stereocenters. The molecule has 5 rings (SSSR count). The molecule has 0 bridgehead atoms. The largest absolute Gasteiger partial charge is 0.493 e. The average molecular weight is 1150 g/mol. The second-order valence-electron chi connectivity index (χ2n) is 20.3. The lowest BCUT2D eigenvalue weighted by molar-refractivity contribution is -0.167. The van der Waals surface area contributed by atoms with Gasteiger partial charge in [-0.05, 0) is 110 Å². The Morgan fingerprint density at radius 3 is 2.01 bits per heavy atom. The minimum Gasteiger partial charge on any atom is -0.493 e. The SMILES string of the molecule is CCC(C)(C)C(O)C(=O)N1CCCCC1C(=O)OC(CCc1ccc(OC)c(OC)c1)c1cccc(NC(=O)CCC(=O)NCCCOCCOCCOCCCNC(=O)COc2c(OC)cc(Cc3cnc(N)nc3N)cc2OC)c1. The predicted octanol–water partition coefficient (Wildman–Crippen LogP) is 5.52. The standard InChI is InChI=1S/C59H84N8O15/c1-8-59(2,3)54(71)56(72)67-25-10-9-16-44(67)57(73)82-45(19-17-39-18-20-46(74-4)47(33-39)75-5)41-14-11-15-43(36-41)65-51(69)22-21-50(68)62-23-12-26-78-28-30-80-31-29-79-27-13-24-63-52(70)38-81-53-48(76-6)34-40(35-49(53)77-7)32-42-37-64-58(61)66-55(42)60/h11,14-15,18,20,33-37,44-45,54,71H,8-10,12-13,16-17,19,21-32,38H2,1-7H3,(H,62,68)(H,63,70)(H,65,69)(H4,60,61,64,66). The molecule has 1 aliphatic heterocycles. The van der Waals surface area contributed by atoms with Gasteiger partial charge in [-0.2, -0.15) is 4.98 Å². The van der Waals surface area contributed by atoms with Crippen molar-refractivity contribution in [1.29, 1.82) is 0 Å². The molecule has 0 saturated carbocycles. The smallest absolute Gasteiger partial charge is 0.329 e. The highest BCUT2D eigenvalue weighted by Crippen LogP contribution is 2.40. The summed E-state index contributed by atoms with van der Waals surface area (Å²) in [6.07, 6.45) is 4.23.